The number of sulfonamides is 1. The molecule has 2 rings (SSSR count). The molecule has 1 heterocycles. The average Bonchev–Trinajstić information content (AvgIpc) is 2.70. The maximum atomic E-state index is 12.3. The van der Waals surface area contributed by atoms with Crippen LogP contribution in [0, 0.1) is 6.92 Å². The van der Waals surface area contributed by atoms with Gasteiger partial charge in [-0.3, -0.25) is 0 Å². The molecule has 0 radical (unpaired) electrons. The monoisotopic (exact) mass is 352 g/mol. The largest absolute Gasteiger partial charge is 0.398 e. The van der Waals surface area contributed by atoms with E-state index in [1.54, 1.807) is 6.92 Å². The minimum absolute atomic E-state index is 0.0251. The van der Waals surface area contributed by atoms with Crippen LogP contribution in [-0.4, -0.2) is 34.4 Å². The number of nitrogen functional groups attached to an aromatic ring is 1. The summed E-state index contributed by atoms with van der Waals surface area (Å²) in [5.74, 6) is 0.114. The fourth-order valence-electron chi connectivity index (χ4n) is 2.32. The number of rotatable bonds is 4. The van der Waals surface area contributed by atoms with Gasteiger partial charge >= 0.3 is 0 Å². The summed E-state index contributed by atoms with van der Waals surface area (Å²) in [6, 6.07) is 2.77. The summed E-state index contributed by atoms with van der Waals surface area (Å²) in [5, 5.41) is -0.448. The summed E-state index contributed by atoms with van der Waals surface area (Å²) in [4.78, 5) is -0.0251. The summed E-state index contributed by atoms with van der Waals surface area (Å²) in [5.41, 5.74) is 6.37. The fraction of sp³-hybridized carbons (Fsp3) is 0.500. The van der Waals surface area contributed by atoms with E-state index in [2.05, 4.69) is 4.72 Å². The predicted octanol–water partition coefficient (Wildman–Crippen LogP) is 1.09. The fourth-order valence-corrected chi connectivity index (χ4v) is 5.86. The molecule has 0 aliphatic carbocycles. The molecule has 3 N–H and O–H groups in total. The molecule has 1 fully saturated rings. The van der Waals surface area contributed by atoms with E-state index in [1.807, 2.05) is 0 Å². The summed E-state index contributed by atoms with van der Waals surface area (Å²) in [7, 11) is -7.05. The molecule has 1 aliphatic heterocycles. The molecule has 1 unspecified atom stereocenters. The number of sulfone groups is 1. The normalized spacial score (nSPS) is 21.5. The Morgan fingerprint density at radius 3 is 2.67 bits per heavy atom. The van der Waals surface area contributed by atoms with Crippen molar-refractivity contribution in [1.82, 2.24) is 4.72 Å². The van der Waals surface area contributed by atoms with Crippen LogP contribution in [0.3, 0.4) is 0 Å². The molecule has 1 saturated heterocycles. The van der Waals surface area contributed by atoms with Crippen molar-refractivity contribution in [2.75, 3.05) is 18.0 Å². The van der Waals surface area contributed by atoms with E-state index in [0.717, 1.165) is 0 Å². The molecule has 1 aromatic rings. The number of anilines is 1. The Hall–Kier alpha value is -0.830. The van der Waals surface area contributed by atoms with Gasteiger partial charge in [0.25, 0.3) is 0 Å². The van der Waals surface area contributed by atoms with Crippen molar-refractivity contribution in [3.8, 4) is 0 Å². The molecule has 0 saturated carbocycles. The number of nitrogens with one attached hydrogen (secondary N) is 1. The van der Waals surface area contributed by atoms with Gasteiger partial charge in [0.2, 0.25) is 10.0 Å². The van der Waals surface area contributed by atoms with Crippen molar-refractivity contribution in [2.24, 2.45) is 0 Å². The SMILES string of the molecule is Cc1c(N)cc(Cl)cc1S(=O)(=O)NCC1CCCS1(=O)=O. The molecule has 0 bridgehead atoms. The Morgan fingerprint density at radius 2 is 2.10 bits per heavy atom. The minimum atomic E-state index is -3.85. The maximum Gasteiger partial charge on any atom is 0.240 e. The van der Waals surface area contributed by atoms with Gasteiger partial charge in [-0.25, -0.2) is 21.6 Å². The molecular weight excluding hydrogens is 336 g/mol. The average molecular weight is 353 g/mol. The highest BCUT2D eigenvalue weighted by Crippen LogP contribution is 2.26. The molecule has 1 aliphatic rings. The van der Waals surface area contributed by atoms with E-state index in [4.69, 9.17) is 17.3 Å². The van der Waals surface area contributed by atoms with E-state index in [0.29, 0.717) is 18.4 Å². The van der Waals surface area contributed by atoms with E-state index in [9.17, 15) is 16.8 Å². The van der Waals surface area contributed by atoms with E-state index in [1.165, 1.54) is 12.1 Å². The van der Waals surface area contributed by atoms with Crippen LogP contribution < -0.4 is 10.5 Å². The molecule has 6 nitrogen and oxygen atoms in total. The number of hydrogen-bond donors (Lipinski definition) is 2. The van der Waals surface area contributed by atoms with E-state index < -0.39 is 25.1 Å². The van der Waals surface area contributed by atoms with Gasteiger partial charge in [-0.1, -0.05) is 11.6 Å². The topological polar surface area (TPSA) is 106 Å². The highest BCUT2D eigenvalue weighted by molar-refractivity contribution is 7.92. The van der Waals surface area contributed by atoms with Gasteiger partial charge in [0, 0.05) is 17.3 Å². The lowest BCUT2D eigenvalue weighted by atomic mass is 10.2. The standard InChI is InChI=1S/C12H17ClN2O4S2/c1-8-11(14)5-9(13)6-12(8)21(18,19)15-7-10-3-2-4-20(10,16)17/h5-6,10,15H,2-4,7,14H2,1H3. The molecule has 0 amide bonds. The summed E-state index contributed by atoms with van der Waals surface area (Å²) < 4.78 is 50.4. The van der Waals surface area contributed by atoms with Crippen molar-refractivity contribution >= 4 is 37.1 Å². The second-order valence-electron chi connectivity index (χ2n) is 5.10. The molecule has 21 heavy (non-hydrogen) atoms. The molecule has 1 aromatic carbocycles. The second kappa shape index (κ2) is 5.75. The highest BCUT2D eigenvalue weighted by atomic mass is 35.5. The van der Waals surface area contributed by atoms with Crippen LogP contribution in [0.1, 0.15) is 18.4 Å². The number of hydrogen-bond acceptors (Lipinski definition) is 5. The van der Waals surface area contributed by atoms with Gasteiger partial charge in [0.15, 0.2) is 9.84 Å². The van der Waals surface area contributed by atoms with E-state index in [-0.39, 0.29) is 27.9 Å². The second-order valence-corrected chi connectivity index (χ2v) is 9.67. The third-order valence-electron chi connectivity index (χ3n) is 3.62. The molecule has 0 aromatic heterocycles. The van der Waals surface area contributed by atoms with Gasteiger partial charge in [0.1, 0.15) is 0 Å². The van der Waals surface area contributed by atoms with Crippen LogP contribution >= 0.6 is 11.6 Å². The maximum absolute atomic E-state index is 12.3. The molecule has 118 valence electrons. The van der Waals surface area contributed by atoms with Crippen LogP contribution in [0.5, 0.6) is 0 Å². The lowest BCUT2D eigenvalue weighted by molar-refractivity contribution is 0.570. The summed E-state index contributed by atoms with van der Waals surface area (Å²) in [6.45, 7) is 1.45. The lowest BCUT2D eigenvalue weighted by Crippen LogP contribution is -2.35. The third-order valence-corrected chi connectivity index (χ3v) is 7.66. The van der Waals surface area contributed by atoms with Gasteiger partial charge in [0.05, 0.1) is 15.9 Å². The van der Waals surface area contributed by atoms with Crippen molar-refractivity contribution < 1.29 is 16.8 Å². The molecule has 9 heteroatoms. The van der Waals surface area contributed by atoms with Crippen molar-refractivity contribution in [2.45, 2.75) is 29.9 Å². The Morgan fingerprint density at radius 1 is 1.43 bits per heavy atom. The van der Waals surface area contributed by atoms with Crippen LogP contribution in [0.25, 0.3) is 0 Å². The smallest absolute Gasteiger partial charge is 0.240 e. The van der Waals surface area contributed by atoms with Crippen LogP contribution in [0.15, 0.2) is 17.0 Å². The first-order valence-corrected chi connectivity index (χ1v) is 9.98. The summed E-state index contributed by atoms with van der Waals surface area (Å²) >= 11 is 5.83. The predicted molar refractivity (Wildman–Crippen MR) is 82.6 cm³/mol. The Kier molecular flexibility index (Phi) is 4.53. The van der Waals surface area contributed by atoms with Gasteiger partial charge in [-0.05, 0) is 37.5 Å². The Labute approximate surface area is 129 Å². The lowest BCUT2D eigenvalue weighted by Gasteiger charge is -2.14. The zero-order chi connectivity index (χ0) is 15.8. The van der Waals surface area contributed by atoms with Crippen molar-refractivity contribution in [1.29, 1.82) is 0 Å². The Bertz CT molecular complexity index is 760. The van der Waals surface area contributed by atoms with Gasteiger partial charge in [-0.2, -0.15) is 0 Å². The minimum Gasteiger partial charge on any atom is -0.398 e. The van der Waals surface area contributed by atoms with Crippen molar-refractivity contribution in [3.05, 3.63) is 22.7 Å². The third kappa shape index (κ3) is 3.50. The summed E-state index contributed by atoms with van der Waals surface area (Å²) in [6.07, 6.45) is 1.04. The number of nitrogens with two attached hydrogens (primary N) is 1. The molecule has 1 atom stereocenters. The van der Waals surface area contributed by atoms with Crippen molar-refractivity contribution in [3.63, 3.8) is 0 Å². The first-order valence-electron chi connectivity index (χ1n) is 6.40. The highest BCUT2D eigenvalue weighted by Gasteiger charge is 2.32. The number of benzene rings is 1. The Balaban J connectivity index is 2.24. The zero-order valence-corrected chi connectivity index (χ0v) is 13.9. The first kappa shape index (κ1) is 16.5. The van der Waals surface area contributed by atoms with Crippen LogP contribution in [0.2, 0.25) is 5.02 Å². The van der Waals surface area contributed by atoms with E-state index >= 15 is 0 Å². The quantitative estimate of drug-likeness (QED) is 0.789. The first-order chi connectivity index (χ1) is 9.63. The van der Waals surface area contributed by atoms with Gasteiger partial charge < -0.3 is 5.73 Å². The van der Waals surface area contributed by atoms with Crippen LogP contribution in [-0.2, 0) is 19.9 Å². The number of halogens is 1. The zero-order valence-electron chi connectivity index (χ0n) is 11.5. The van der Waals surface area contributed by atoms with Gasteiger partial charge in [-0.15, -0.1) is 0 Å². The van der Waals surface area contributed by atoms with Crippen LogP contribution in [0.4, 0.5) is 5.69 Å². The molecule has 0 spiro atoms. The molecular formula is C12H17ClN2O4S2.